The van der Waals surface area contributed by atoms with Crippen molar-refractivity contribution in [3.05, 3.63) is 59.1 Å². The number of aromatic carboxylic acids is 1. The van der Waals surface area contributed by atoms with Crippen LogP contribution in [0.25, 0.3) is 0 Å². The predicted molar refractivity (Wildman–Crippen MR) is 95.3 cm³/mol. The SMILES string of the molecule is CCOC(=O)C(=Nc1ccccc1C(=O)O)NNc1ccc(Cl)cc1. The highest BCUT2D eigenvalue weighted by atomic mass is 35.5. The lowest BCUT2D eigenvalue weighted by Gasteiger charge is -2.12. The molecule has 0 aromatic heterocycles. The number of rotatable bonds is 5. The van der Waals surface area contributed by atoms with Crippen molar-refractivity contribution >= 4 is 40.7 Å². The van der Waals surface area contributed by atoms with Gasteiger partial charge in [0.1, 0.15) is 0 Å². The summed E-state index contributed by atoms with van der Waals surface area (Å²) in [6.07, 6.45) is 0. The van der Waals surface area contributed by atoms with Gasteiger partial charge in [0.05, 0.1) is 23.5 Å². The maximum Gasteiger partial charge on any atom is 0.375 e. The van der Waals surface area contributed by atoms with Gasteiger partial charge < -0.3 is 9.84 Å². The number of carbonyl (C=O) groups excluding carboxylic acids is 1. The predicted octanol–water partition coefficient (Wildman–Crippen LogP) is 3.25. The van der Waals surface area contributed by atoms with Crippen LogP contribution in [0.5, 0.6) is 0 Å². The van der Waals surface area contributed by atoms with Gasteiger partial charge in [0, 0.05) is 5.02 Å². The number of aliphatic imine (C=N–C) groups is 1. The van der Waals surface area contributed by atoms with Crippen molar-refractivity contribution in [1.29, 1.82) is 0 Å². The van der Waals surface area contributed by atoms with E-state index in [0.717, 1.165) is 0 Å². The molecule has 2 aromatic carbocycles. The zero-order valence-corrected chi connectivity index (χ0v) is 14.1. The first kappa shape index (κ1) is 18.3. The Balaban J connectivity index is 2.28. The van der Waals surface area contributed by atoms with E-state index in [-0.39, 0.29) is 23.7 Å². The highest BCUT2D eigenvalue weighted by molar-refractivity contribution is 6.36. The van der Waals surface area contributed by atoms with Gasteiger partial charge in [0.15, 0.2) is 0 Å². The van der Waals surface area contributed by atoms with Crippen LogP contribution in [-0.2, 0) is 9.53 Å². The van der Waals surface area contributed by atoms with Gasteiger partial charge in [-0.05, 0) is 43.3 Å². The molecule has 8 heteroatoms. The highest BCUT2D eigenvalue weighted by Crippen LogP contribution is 2.19. The second-order valence-corrected chi connectivity index (χ2v) is 5.20. The molecule has 2 aromatic rings. The van der Waals surface area contributed by atoms with E-state index in [4.69, 9.17) is 16.3 Å². The number of benzene rings is 2. The molecule has 0 aliphatic heterocycles. The van der Waals surface area contributed by atoms with Crippen molar-refractivity contribution in [2.75, 3.05) is 12.0 Å². The van der Waals surface area contributed by atoms with Crippen LogP contribution in [0.2, 0.25) is 5.02 Å². The number of esters is 1. The minimum absolute atomic E-state index is 0.0300. The van der Waals surface area contributed by atoms with Crippen molar-refractivity contribution in [1.82, 2.24) is 5.43 Å². The highest BCUT2D eigenvalue weighted by Gasteiger charge is 2.15. The molecule has 0 saturated carbocycles. The summed E-state index contributed by atoms with van der Waals surface area (Å²) in [5.41, 5.74) is 6.17. The third-order valence-electron chi connectivity index (χ3n) is 3.00. The fourth-order valence-electron chi connectivity index (χ4n) is 1.86. The summed E-state index contributed by atoms with van der Waals surface area (Å²) in [6.45, 7) is 1.81. The monoisotopic (exact) mass is 361 g/mol. The summed E-state index contributed by atoms with van der Waals surface area (Å²) in [5.74, 6) is -2.04. The number of halogens is 1. The van der Waals surface area contributed by atoms with Gasteiger partial charge in [-0.25, -0.2) is 14.6 Å². The Kier molecular flexibility index (Phi) is 6.36. The molecule has 0 spiro atoms. The fraction of sp³-hybridized carbons (Fsp3) is 0.118. The fourth-order valence-corrected chi connectivity index (χ4v) is 1.99. The molecule has 0 atom stereocenters. The largest absolute Gasteiger partial charge is 0.478 e. The molecular weight excluding hydrogens is 346 g/mol. The first-order chi connectivity index (χ1) is 12.0. The number of carboxylic acid groups (broad SMARTS) is 1. The van der Waals surface area contributed by atoms with E-state index in [1.54, 1.807) is 43.3 Å². The molecule has 7 nitrogen and oxygen atoms in total. The van der Waals surface area contributed by atoms with E-state index in [0.29, 0.717) is 10.7 Å². The van der Waals surface area contributed by atoms with E-state index < -0.39 is 11.9 Å². The number of nitrogens with zero attached hydrogens (tertiary/aromatic N) is 1. The van der Waals surface area contributed by atoms with Crippen LogP contribution in [0.1, 0.15) is 17.3 Å². The van der Waals surface area contributed by atoms with Gasteiger partial charge in [0.2, 0.25) is 5.84 Å². The topological polar surface area (TPSA) is 100 Å². The number of carboxylic acids is 1. The Morgan fingerprint density at radius 3 is 2.48 bits per heavy atom. The van der Waals surface area contributed by atoms with Gasteiger partial charge in [-0.2, -0.15) is 0 Å². The molecule has 0 bridgehead atoms. The van der Waals surface area contributed by atoms with E-state index in [9.17, 15) is 14.7 Å². The van der Waals surface area contributed by atoms with Gasteiger partial charge in [-0.1, -0.05) is 23.7 Å². The van der Waals surface area contributed by atoms with Crippen LogP contribution in [0.3, 0.4) is 0 Å². The summed E-state index contributed by atoms with van der Waals surface area (Å²) in [7, 11) is 0. The molecule has 130 valence electrons. The first-order valence-corrected chi connectivity index (χ1v) is 7.74. The Bertz CT molecular complexity index is 791. The van der Waals surface area contributed by atoms with Crippen molar-refractivity contribution in [2.45, 2.75) is 6.92 Å². The quantitative estimate of drug-likeness (QED) is 0.327. The summed E-state index contributed by atoms with van der Waals surface area (Å²) in [4.78, 5) is 27.4. The van der Waals surface area contributed by atoms with Crippen molar-refractivity contribution in [3.8, 4) is 0 Å². The van der Waals surface area contributed by atoms with Gasteiger partial charge in [0.25, 0.3) is 0 Å². The minimum Gasteiger partial charge on any atom is -0.478 e. The number of hydrogen-bond donors (Lipinski definition) is 3. The molecule has 0 aliphatic carbocycles. The maximum atomic E-state index is 12.1. The Labute approximate surface area is 149 Å². The number of hydrogen-bond acceptors (Lipinski definition) is 5. The molecule has 25 heavy (non-hydrogen) atoms. The first-order valence-electron chi connectivity index (χ1n) is 7.37. The van der Waals surface area contributed by atoms with Crippen LogP contribution in [0.15, 0.2) is 53.5 Å². The lowest BCUT2D eigenvalue weighted by Crippen LogP contribution is -2.36. The number of para-hydroxylation sites is 1. The van der Waals surface area contributed by atoms with Crippen LogP contribution in [0.4, 0.5) is 11.4 Å². The molecule has 3 N–H and O–H groups in total. The number of anilines is 1. The summed E-state index contributed by atoms with van der Waals surface area (Å²) in [6, 6.07) is 12.8. The number of carbonyl (C=O) groups is 2. The summed E-state index contributed by atoms with van der Waals surface area (Å²) in [5, 5.41) is 9.79. The number of ether oxygens (including phenoxy) is 1. The second kappa shape index (κ2) is 8.70. The Morgan fingerprint density at radius 2 is 1.84 bits per heavy atom. The average Bonchev–Trinajstić information content (AvgIpc) is 2.60. The Morgan fingerprint density at radius 1 is 1.16 bits per heavy atom. The van der Waals surface area contributed by atoms with Crippen LogP contribution >= 0.6 is 11.6 Å². The molecule has 0 unspecified atom stereocenters. The molecule has 0 aliphatic rings. The lowest BCUT2D eigenvalue weighted by molar-refractivity contribution is -0.135. The maximum absolute atomic E-state index is 12.1. The smallest absolute Gasteiger partial charge is 0.375 e. The van der Waals surface area contributed by atoms with Crippen molar-refractivity contribution < 1.29 is 19.4 Å². The van der Waals surface area contributed by atoms with Crippen LogP contribution in [0, 0.1) is 0 Å². The number of nitrogens with one attached hydrogen (secondary N) is 2. The molecule has 0 amide bonds. The van der Waals surface area contributed by atoms with E-state index in [2.05, 4.69) is 15.8 Å². The standard InChI is InChI=1S/C17H16ClN3O4/c1-2-25-17(24)15(21-20-12-9-7-11(18)8-10-12)19-14-6-4-3-5-13(14)16(22)23/h3-10,20H,2H2,1H3,(H,19,21)(H,22,23). The molecule has 0 fully saturated rings. The third kappa shape index (κ3) is 5.22. The van der Waals surface area contributed by atoms with Crippen LogP contribution in [-0.4, -0.2) is 29.5 Å². The van der Waals surface area contributed by atoms with Crippen molar-refractivity contribution in [3.63, 3.8) is 0 Å². The Hall–Kier alpha value is -3.06. The van der Waals surface area contributed by atoms with Gasteiger partial charge >= 0.3 is 11.9 Å². The molecule has 0 heterocycles. The second-order valence-electron chi connectivity index (χ2n) is 4.76. The van der Waals surface area contributed by atoms with Crippen molar-refractivity contribution in [2.24, 2.45) is 4.99 Å². The number of hydrazine groups is 1. The zero-order valence-electron chi connectivity index (χ0n) is 13.3. The molecule has 0 saturated heterocycles. The average molecular weight is 362 g/mol. The number of amidine groups is 1. The summed E-state index contributed by atoms with van der Waals surface area (Å²) >= 11 is 5.82. The van der Waals surface area contributed by atoms with Gasteiger partial charge in [-0.15, -0.1) is 0 Å². The van der Waals surface area contributed by atoms with Crippen LogP contribution < -0.4 is 10.9 Å². The summed E-state index contributed by atoms with van der Waals surface area (Å²) < 4.78 is 4.94. The third-order valence-corrected chi connectivity index (χ3v) is 3.26. The van der Waals surface area contributed by atoms with E-state index >= 15 is 0 Å². The normalized spacial score (nSPS) is 10.9. The van der Waals surface area contributed by atoms with E-state index in [1.807, 2.05) is 0 Å². The molecule has 0 radical (unpaired) electrons. The lowest BCUT2D eigenvalue weighted by atomic mass is 10.2. The molecule has 2 rings (SSSR count). The minimum atomic E-state index is -1.15. The molecular formula is C17H16ClN3O4. The van der Waals surface area contributed by atoms with Gasteiger partial charge in [-0.3, -0.25) is 10.9 Å². The van der Waals surface area contributed by atoms with E-state index in [1.165, 1.54) is 12.1 Å². The zero-order chi connectivity index (χ0) is 18.2.